The van der Waals surface area contributed by atoms with Crippen LogP contribution in [-0.2, 0) is 14.0 Å². The molecule has 0 aliphatic rings. The lowest BCUT2D eigenvalue weighted by molar-refractivity contribution is -0.146. The molecule has 0 heterocycles. The number of ether oxygens (including phenoxy) is 1. The van der Waals surface area contributed by atoms with Crippen molar-refractivity contribution in [2.45, 2.75) is 13.8 Å². The molecule has 1 unspecified atom stereocenters. The van der Waals surface area contributed by atoms with Crippen LogP contribution in [0.3, 0.4) is 0 Å². The first-order chi connectivity index (χ1) is 11.1. The maximum Gasteiger partial charge on any atom is 0.352 e. The Kier molecular flexibility index (Phi) is 6.17. The van der Waals surface area contributed by atoms with Crippen molar-refractivity contribution in [3.63, 3.8) is 0 Å². The zero-order chi connectivity index (χ0) is 16.7. The molecule has 0 amide bonds. The van der Waals surface area contributed by atoms with Gasteiger partial charge in [0.1, 0.15) is 5.92 Å². The second-order valence-corrected chi connectivity index (χ2v) is 7.12. The van der Waals surface area contributed by atoms with Gasteiger partial charge in [0.15, 0.2) is 0 Å². The first-order valence-electron chi connectivity index (χ1n) is 7.64. The average molecular weight is 325 g/mol. The second-order valence-electron chi connectivity index (χ2n) is 5.10. The lowest BCUT2D eigenvalue weighted by atomic mass is 10.1. The monoisotopic (exact) mass is 325 g/mol. The topological polar surface area (TPSA) is 35.5 Å². The zero-order valence-electron chi connectivity index (χ0n) is 13.5. The van der Waals surface area contributed by atoms with Crippen LogP contribution < -0.4 is 10.4 Å². The summed E-state index contributed by atoms with van der Waals surface area (Å²) in [4.78, 5) is 11.9. The first kappa shape index (κ1) is 17.0. The van der Waals surface area contributed by atoms with Gasteiger partial charge in [-0.25, -0.2) is 0 Å². The fourth-order valence-corrected chi connectivity index (χ4v) is 4.08. The van der Waals surface area contributed by atoms with E-state index in [9.17, 15) is 4.79 Å². The fourth-order valence-electron chi connectivity index (χ4n) is 2.08. The van der Waals surface area contributed by atoms with Crippen LogP contribution in [0.5, 0.6) is 0 Å². The fraction of sp³-hybridized carbons (Fsp3) is 0.211. The van der Waals surface area contributed by atoms with Crippen molar-refractivity contribution in [2.24, 2.45) is 5.92 Å². The molecule has 4 heteroatoms. The van der Waals surface area contributed by atoms with Crippen molar-refractivity contribution in [2.75, 3.05) is 6.61 Å². The molecule has 2 rings (SSSR count). The van der Waals surface area contributed by atoms with Crippen LogP contribution in [0.15, 0.2) is 73.0 Å². The van der Waals surface area contributed by atoms with Gasteiger partial charge >= 0.3 is 15.0 Å². The van der Waals surface area contributed by atoms with Crippen molar-refractivity contribution >= 4 is 25.4 Å². The molecule has 2 aromatic rings. The van der Waals surface area contributed by atoms with E-state index < -0.39 is 15.0 Å². The summed E-state index contributed by atoms with van der Waals surface area (Å²) in [5.41, 5.74) is 0. The minimum absolute atomic E-state index is 0.306. The molecule has 0 N–H and O–H groups in total. The lowest BCUT2D eigenvalue weighted by Crippen LogP contribution is -2.45. The molecule has 0 bridgehead atoms. The van der Waals surface area contributed by atoms with Crippen LogP contribution in [0.4, 0.5) is 0 Å². The first-order valence-corrected chi connectivity index (χ1v) is 9.05. The largest absolute Gasteiger partial charge is 0.536 e. The number of esters is 1. The van der Waals surface area contributed by atoms with E-state index in [2.05, 4.69) is 6.58 Å². The zero-order valence-corrected chi connectivity index (χ0v) is 14.5. The summed E-state index contributed by atoms with van der Waals surface area (Å²) in [6.07, 6.45) is 0. The summed E-state index contributed by atoms with van der Waals surface area (Å²) in [5, 5.41) is 2.22. The summed E-state index contributed by atoms with van der Waals surface area (Å²) >= 11 is 0. The molecule has 0 saturated heterocycles. The summed E-state index contributed by atoms with van der Waals surface area (Å²) in [7, 11) is -1.50. The van der Waals surface area contributed by atoms with Crippen LogP contribution >= 0.6 is 0 Å². The SMILES string of the molecule is C=C(O[Si](c1ccccc1)c1ccccc1)C(C)C(=O)OCC. The summed E-state index contributed by atoms with van der Waals surface area (Å²) in [5.74, 6) is -0.340. The Morgan fingerprint density at radius 3 is 1.96 bits per heavy atom. The molecule has 0 saturated carbocycles. The lowest BCUT2D eigenvalue weighted by Gasteiger charge is -2.21. The minimum Gasteiger partial charge on any atom is -0.536 e. The molecule has 3 nitrogen and oxygen atoms in total. The number of hydrogen-bond donors (Lipinski definition) is 0. The van der Waals surface area contributed by atoms with E-state index in [1.54, 1.807) is 13.8 Å². The maximum absolute atomic E-state index is 11.9. The predicted octanol–water partition coefficient (Wildman–Crippen LogP) is 2.52. The normalized spacial score (nSPS) is 11.8. The number of rotatable bonds is 7. The third kappa shape index (κ3) is 4.57. The highest BCUT2D eigenvalue weighted by Crippen LogP contribution is 2.13. The number of hydrogen-bond acceptors (Lipinski definition) is 3. The summed E-state index contributed by atoms with van der Waals surface area (Å²) < 4.78 is 11.2. The summed E-state index contributed by atoms with van der Waals surface area (Å²) in [6, 6.07) is 20.1. The van der Waals surface area contributed by atoms with Crippen LogP contribution in [0.25, 0.3) is 0 Å². The van der Waals surface area contributed by atoms with E-state index in [1.807, 2.05) is 60.7 Å². The maximum atomic E-state index is 11.9. The Bertz CT molecular complexity index is 601. The molecule has 1 radical (unpaired) electrons. The van der Waals surface area contributed by atoms with Crippen LogP contribution in [0.1, 0.15) is 13.8 Å². The van der Waals surface area contributed by atoms with Crippen molar-refractivity contribution in [3.8, 4) is 0 Å². The number of carbonyl (C=O) groups excluding carboxylic acids is 1. The standard InChI is InChI=1S/C19H21O3Si/c1-4-21-19(20)15(2)16(3)22-23(17-11-7-5-8-12-17)18-13-9-6-10-14-18/h5-15H,3-4H2,1-2H3. The van der Waals surface area contributed by atoms with Crippen LogP contribution in [-0.4, -0.2) is 21.6 Å². The third-order valence-electron chi connectivity index (χ3n) is 3.43. The van der Waals surface area contributed by atoms with E-state index in [1.165, 1.54) is 0 Å². The molecule has 0 aliphatic heterocycles. The number of benzene rings is 2. The van der Waals surface area contributed by atoms with Crippen LogP contribution in [0.2, 0.25) is 0 Å². The Morgan fingerprint density at radius 2 is 1.52 bits per heavy atom. The van der Waals surface area contributed by atoms with Crippen molar-refractivity contribution in [3.05, 3.63) is 73.0 Å². The van der Waals surface area contributed by atoms with E-state index in [0.717, 1.165) is 10.4 Å². The molecule has 0 aromatic heterocycles. The van der Waals surface area contributed by atoms with Gasteiger partial charge in [0.2, 0.25) is 0 Å². The van der Waals surface area contributed by atoms with Gasteiger partial charge in [-0.05, 0) is 24.2 Å². The van der Waals surface area contributed by atoms with Gasteiger partial charge in [0, 0.05) is 0 Å². The molecule has 2 aromatic carbocycles. The molecule has 119 valence electrons. The van der Waals surface area contributed by atoms with Gasteiger partial charge in [0.05, 0.1) is 12.4 Å². The molecule has 0 fully saturated rings. The van der Waals surface area contributed by atoms with Crippen molar-refractivity contribution in [1.82, 2.24) is 0 Å². The molecular formula is C19H21O3Si. The minimum atomic E-state index is -1.50. The Hall–Kier alpha value is -2.33. The van der Waals surface area contributed by atoms with E-state index in [4.69, 9.17) is 9.16 Å². The van der Waals surface area contributed by atoms with Gasteiger partial charge < -0.3 is 9.16 Å². The van der Waals surface area contributed by atoms with Crippen molar-refractivity contribution < 1.29 is 14.0 Å². The van der Waals surface area contributed by atoms with Gasteiger partial charge in [-0.2, -0.15) is 0 Å². The third-order valence-corrected chi connectivity index (χ3v) is 5.61. The molecule has 0 aliphatic carbocycles. The van der Waals surface area contributed by atoms with Gasteiger partial charge in [-0.1, -0.05) is 67.2 Å². The van der Waals surface area contributed by atoms with E-state index >= 15 is 0 Å². The molecule has 0 spiro atoms. The quantitative estimate of drug-likeness (QED) is 0.446. The Morgan fingerprint density at radius 1 is 1.04 bits per heavy atom. The molecule has 23 heavy (non-hydrogen) atoms. The highest BCUT2D eigenvalue weighted by atomic mass is 28.3. The highest BCUT2D eigenvalue weighted by Gasteiger charge is 2.26. The second kappa shape index (κ2) is 8.34. The predicted molar refractivity (Wildman–Crippen MR) is 93.9 cm³/mol. The van der Waals surface area contributed by atoms with Gasteiger partial charge in [-0.15, -0.1) is 0 Å². The Balaban J connectivity index is 2.22. The summed E-state index contributed by atoms with van der Waals surface area (Å²) in [6.45, 7) is 7.85. The highest BCUT2D eigenvalue weighted by molar-refractivity contribution is 6.80. The molecule has 1 atom stereocenters. The molecular weight excluding hydrogens is 304 g/mol. The van der Waals surface area contributed by atoms with Gasteiger partial charge in [-0.3, -0.25) is 4.79 Å². The van der Waals surface area contributed by atoms with Gasteiger partial charge in [0.25, 0.3) is 0 Å². The van der Waals surface area contributed by atoms with E-state index in [0.29, 0.717) is 12.4 Å². The van der Waals surface area contributed by atoms with E-state index in [-0.39, 0.29) is 5.97 Å². The van der Waals surface area contributed by atoms with Crippen molar-refractivity contribution in [1.29, 1.82) is 0 Å². The number of carbonyl (C=O) groups is 1. The smallest absolute Gasteiger partial charge is 0.352 e. The Labute approximate surface area is 139 Å². The average Bonchev–Trinajstić information content (AvgIpc) is 2.60. The van der Waals surface area contributed by atoms with Crippen LogP contribution in [0, 0.1) is 5.92 Å².